The Balaban J connectivity index is 1.54. The van der Waals surface area contributed by atoms with Crippen molar-refractivity contribution in [2.45, 2.75) is 51.2 Å². The minimum atomic E-state index is -1.62. The number of likely N-dealkylation sites (N-methyl/N-ethyl adjacent to an activating group) is 1. The van der Waals surface area contributed by atoms with E-state index in [0.717, 1.165) is 41.2 Å². The molecule has 0 bridgehead atoms. The highest BCUT2D eigenvalue weighted by molar-refractivity contribution is 5.94. The third-order valence-electron chi connectivity index (χ3n) is 7.00. The Morgan fingerprint density at radius 1 is 1.06 bits per heavy atom. The van der Waals surface area contributed by atoms with Gasteiger partial charge >= 0.3 is 5.97 Å². The summed E-state index contributed by atoms with van der Waals surface area (Å²) in [5.41, 5.74) is 3.54. The number of carboxylic acid groups (broad SMARTS) is 1. The van der Waals surface area contributed by atoms with Crippen LogP contribution in [0.5, 0.6) is 0 Å². The summed E-state index contributed by atoms with van der Waals surface area (Å²) in [5, 5.41) is 22.2. The van der Waals surface area contributed by atoms with Crippen LogP contribution in [0.25, 0.3) is 11.3 Å². The fraction of sp³-hybridized carbons (Fsp3) is 0.379. The highest BCUT2D eigenvalue weighted by atomic mass is 16.4. The summed E-state index contributed by atoms with van der Waals surface area (Å²) in [6.07, 6.45) is 4.38. The number of aliphatic carboxylic acids is 1. The number of benzene rings is 2. The SMILES string of the molecule is Cc1oc(-c2ccccc2)cc1C(Nc1ccc(C(=O)N(C)CC(O)C(=O)O)cc1)C1CCCCC1. The first-order chi connectivity index (χ1) is 17.3. The first-order valence-corrected chi connectivity index (χ1v) is 12.5. The summed E-state index contributed by atoms with van der Waals surface area (Å²) < 4.78 is 6.18. The average molecular weight is 491 g/mol. The Bertz CT molecular complexity index is 1170. The summed E-state index contributed by atoms with van der Waals surface area (Å²) in [6.45, 7) is 1.74. The molecular weight excluding hydrogens is 456 g/mol. The summed E-state index contributed by atoms with van der Waals surface area (Å²) in [7, 11) is 1.48. The first kappa shape index (κ1) is 25.5. The van der Waals surface area contributed by atoms with E-state index in [0.29, 0.717) is 11.5 Å². The highest BCUT2D eigenvalue weighted by Gasteiger charge is 2.29. The maximum atomic E-state index is 12.7. The number of furan rings is 1. The van der Waals surface area contributed by atoms with Gasteiger partial charge in [0.2, 0.25) is 0 Å². The number of anilines is 1. The third kappa shape index (κ3) is 5.97. The van der Waals surface area contributed by atoms with Crippen LogP contribution in [-0.4, -0.2) is 46.7 Å². The Morgan fingerprint density at radius 2 is 1.72 bits per heavy atom. The van der Waals surface area contributed by atoms with Crippen LogP contribution in [0.1, 0.15) is 59.8 Å². The second-order valence-electron chi connectivity index (χ2n) is 9.63. The van der Waals surface area contributed by atoms with Gasteiger partial charge in [-0.25, -0.2) is 4.79 Å². The van der Waals surface area contributed by atoms with Gasteiger partial charge in [0.15, 0.2) is 6.10 Å². The lowest BCUT2D eigenvalue weighted by atomic mass is 9.81. The monoisotopic (exact) mass is 490 g/mol. The predicted molar refractivity (Wildman–Crippen MR) is 139 cm³/mol. The summed E-state index contributed by atoms with van der Waals surface area (Å²) in [4.78, 5) is 24.8. The lowest BCUT2D eigenvalue weighted by Gasteiger charge is -2.31. The molecule has 0 aliphatic heterocycles. The predicted octanol–water partition coefficient (Wildman–Crippen LogP) is 5.51. The molecular formula is C29H34N2O5. The van der Waals surface area contributed by atoms with Gasteiger partial charge in [0.05, 0.1) is 12.6 Å². The van der Waals surface area contributed by atoms with E-state index in [-0.39, 0.29) is 18.5 Å². The van der Waals surface area contributed by atoms with Crippen LogP contribution in [0.15, 0.2) is 65.1 Å². The van der Waals surface area contributed by atoms with Crippen LogP contribution >= 0.6 is 0 Å². The number of aliphatic hydroxyl groups excluding tert-OH is 1. The number of carboxylic acids is 1. The van der Waals surface area contributed by atoms with Gasteiger partial charge in [-0.15, -0.1) is 0 Å². The largest absolute Gasteiger partial charge is 0.479 e. The molecule has 2 aromatic carbocycles. The first-order valence-electron chi connectivity index (χ1n) is 12.5. The highest BCUT2D eigenvalue weighted by Crippen LogP contribution is 2.40. The molecule has 1 aliphatic rings. The summed E-state index contributed by atoms with van der Waals surface area (Å²) >= 11 is 0. The van der Waals surface area contributed by atoms with E-state index in [2.05, 4.69) is 11.4 Å². The normalized spacial score (nSPS) is 15.8. The number of carbonyl (C=O) groups excluding carboxylic acids is 1. The lowest BCUT2D eigenvalue weighted by Crippen LogP contribution is -2.38. The zero-order valence-corrected chi connectivity index (χ0v) is 20.8. The maximum Gasteiger partial charge on any atom is 0.334 e. The zero-order chi connectivity index (χ0) is 25.7. The van der Waals surface area contributed by atoms with E-state index in [1.165, 1.54) is 31.2 Å². The van der Waals surface area contributed by atoms with E-state index < -0.39 is 12.1 Å². The number of nitrogens with zero attached hydrogens (tertiary/aromatic N) is 1. The van der Waals surface area contributed by atoms with Crippen molar-refractivity contribution in [2.75, 3.05) is 18.9 Å². The number of aryl methyl sites for hydroxylation is 1. The van der Waals surface area contributed by atoms with Crippen LogP contribution in [0, 0.1) is 12.8 Å². The number of nitrogens with one attached hydrogen (secondary N) is 1. The Kier molecular flexibility index (Phi) is 8.10. The molecule has 0 saturated heterocycles. The second-order valence-corrected chi connectivity index (χ2v) is 9.63. The van der Waals surface area contributed by atoms with E-state index in [9.17, 15) is 14.7 Å². The smallest absolute Gasteiger partial charge is 0.334 e. The lowest BCUT2D eigenvalue weighted by molar-refractivity contribution is -0.147. The van der Waals surface area contributed by atoms with E-state index in [1.54, 1.807) is 12.1 Å². The molecule has 3 N–H and O–H groups in total. The number of aliphatic hydroxyl groups is 1. The molecule has 190 valence electrons. The number of hydrogen-bond donors (Lipinski definition) is 3. The van der Waals surface area contributed by atoms with E-state index in [1.807, 2.05) is 49.4 Å². The number of rotatable bonds is 9. The van der Waals surface area contributed by atoms with Crippen molar-refractivity contribution in [2.24, 2.45) is 5.92 Å². The van der Waals surface area contributed by atoms with Gasteiger partial charge < -0.3 is 24.8 Å². The molecule has 1 aliphatic carbocycles. The Hall–Kier alpha value is -3.58. The van der Waals surface area contributed by atoms with Crippen molar-refractivity contribution >= 4 is 17.6 Å². The zero-order valence-electron chi connectivity index (χ0n) is 20.8. The van der Waals surface area contributed by atoms with Crippen LogP contribution in [0.3, 0.4) is 0 Å². The van der Waals surface area contributed by atoms with Crippen LogP contribution in [-0.2, 0) is 4.79 Å². The summed E-state index contributed by atoms with van der Waals surface area (Å²) in [6, 6.07) is 19.5. The molecule has 36 heavy (non-hydrogen) atoms. The van der Waals surface area contributed by atoms with Crippen LogP contribution in [0.2, 0.25) is 0 Å². The standard InChI is InChI=1S/C29H34N2O5/c1-19-24(17-26(36-19)20-9-5-3-6-10-20)27(21-11-7-4-8-12-21)30-23-15-13-22(14-16-23)28(33)31(2)18-25(32)29(34)35/h3,5-6,9-10,13-17,21,25,27,30,32H,4,7-8,11-12,18H2,1-2H3,(H,34,35). The van der Waals surface area contributed by atoms with Gasteiger partial charge in [-0.05, 0) is 56.0 Å². The van der Waals surface area contributed by atoms with Gasteiger partial charge in [0, 0.05) is 29.4 Å². The minimum absolute atomic E-state index is 0.0847. The molecule has 1 amide bonds. The molecule has 4 rings (SSSR count). The van der Waals surface area contributed by atoms with Crippen molar-refractivity contribution in [3.05, 3.63) is 77.6 Å². The second kappa shape index (κ2) is 11.4. The van der Waals surface area contributed by atoms with Gasteiger partial charge in [0.25, 0.3) is 5.91 Å². The van der Waals surface area contributed by atoms with Crippen molar-refractivity contribution in [1.82, 2.24) is 4.90 Å². The minimum Gasteiger partial charge on any atom is -0.479 e. The van der Waals surface area contributed by atoms with Crippen molar-refractivity contribution < 1.29 is 24.2 Å². The molecule has 2 unspecified atom stereocenters. The Morgan fingerprint density at radius 3 is 2.36 bits per heavy atom. The molecule has 1 saturated carbocycles. The molecule has 2 atom stereocenters. The van der Waals surface area contributed by atoms with Crippen LogP contribution in [0.4, 0.5) is 5.69 Å². The molecule has 0 radical (unpaired) electrons. The quantitative estimate of drug-likeness (QED) is 0.366. The van der Waals surface area contributed by atoms with Gasteiger partial charge in [-0.1, -0.05) is 49.6 Å². The Labute approximate surface area is 211 Å². The fourth-order valence-corrected chi connectivity index (χ4v) is 5.00. The van der Waals surface area contributed by atoms with Gasteiger partial charge in [-0.3, -0.25) is 4.79 Å². The molecule has 1 aromatic heterocycles. The molecule has 1 heterocycles. The molecule has 7 nitrogen and oxygen atoms in total. The van der Waals surface area contributed by atoms with Gasteiger partial charge in [0.1, 0.15) is 11.5 Å². The molecule has 3 aromatic rings. The average Bonchev–Trinajstić information content (AvgIpc) is 3.29. The van der Waals surface area contributed by atoms with E-state index in [4.69, 9.17) is 9.52 Å². The van der Waals surface area contributed by atoms with Crippen molar-refractivity contribution in [3.8, 4) is 11.3 Å². The van der Waals surface area contributed by atoms with Crippen molar-refractivity contribution in [1.29, 1.82) is 0 Å². The number of hydrogen-bond acceptors (Lipinski definition) is 5. The number of carbonyl (C=O) groups is 2. The van der Waals surface area contributed by atoms with Gasteiger partial charge in [-0.2, -0.15) is 0 Å². The molecule has 0 spiro atoms. The fourth-order valence-electron chi connectivity index (χ4n) is 5.00. The number of amides is 1. The maximum absolute atomic E-state index is 12.7. The van der Waals surface area contributed by atoms with Crippen LogP contribution < -0.4 is 5.32 Å². The topological polar surface area (TPSA) is 103 Å². The third-order valence-corrected chi connectivity index (χ3v) is 7.00. The summed E-state index contributed by atoms with van der Waals surface area (Å²) in [5.74, 6) is 0.543. The van der Waals surface area contributed by atoms with Crippen molar-refractivity contribution in [3.63, 3.8) is 0 Å². The molecule has 7 heteroatoms. The molecule has 1 fully saturated rings. The van der Waals surface area contributed by atoms with E-state index >= 15 is 0 Å².